The van der Waals surface area contributed by atoms with Crippen molar-refractivity contribution in [3.8, 4) is 5.75 Å². The molecule has 55 heavy (non-hydrogen) atoms. The van der Waals surface area contributed by atoms with E-state index in [0.717, 1.165) is 34.9 Å². The van der Waals surface area contributed by atoms with Gasteiger partial charge in [0.25, 0.3) is 0 Å². The van der Waals surface area contributed by atoms with Gasteiger partial charge in [0.1, 0.15) is 29.8 Å². The molecule has 0 aliphatic carbocycles. The van der Waals surface area contributed by atoms with Crippen LogP contribution in [-0.4, -0.2) is 80.6 Å². The highest BCUT2D eigenvalue weighted by Crippen LogP contribution is 2.29. The number of ether oxygens (including phenoxy) is 2. The van der Waals surface area contributed by atoms with E-state index in [1.807, 2.05) is 103 Å². The molecule has 3 atom stereocenters. The van der Waals surface area contributed by atoms with E-state index in [0.29, 0.717) is 30.9 Å². The molecule has 5 rings (SSSR count). The van der Waals surface area contributed by atoms with E-state index in [1.54, 1.807) is 31.7 Å². The second-order valence-electron chi connectivity index (χ2n) is 14.9. The molecule has 4 aromatic rings. The molecule has 8 nitrogen and oxygen atoms in total. The van der Waals surface area contributed by atoms with Crippen molar-refractivity contribution in [2.24, 2.45) is 0 Å². The molecule has 0 aromatic heterocycles. The third-order valence-corrected chi connectivity index (χ3v) is 9.95. The molecule has 1 aliphatic rings. The van der Waals surface area contributed by atoms with E-state index >= 15 is 4.39 Å². The monoisotopic (exact) mass is 813 g/mol. The number of allylic oxidation sites excluding steroid dienone is 1. The van der Waals surface area contributed by atoms with Crippen LogP contribution in [0.25, 0.3) is 0 Å². The SMILES string of the molecule is CC(C)(C)OC(=O)N1CCN(Cc2ccccc2)C(=O)[C@@H]1[C@@H](O)[C@@H](Cc1cc(F)cc(OC/C=C/CCCBr)c1)N(Cc1ccccc1)Cc1ccccc1. The van der Waals surface area contributed by atoms with Gasteiger partial charge in [-0.1, -0.05) is 119 Å². The number of amides is 2. The van der Waals surface area contributed by atoms with Crippen LogP contribution in [0.2, 0.25) is 0 Å². The van der Waals surface area contributed by atoms with Gasteiger partial charge in [-0.15, -0.1) is 0 Å². The van der Waals surface area contributed by atoms with E-state index in [1.165, 1.54) is 17.0 Å². The Bertz CT molecular complexity index is 1780. The molecule has 0 saturated carbocycles. The van der Waals surface area contributed by atoms with Gasteiger partial charge in [0.15, 0.2) is 0 Å². The summed E-state index contributed by atoms with van der Waals surface area (Å²) in [7, 11) is 0. The predicted octanol–water partition coefficient (Wildman–Crippen LogP) is 8.56. The Morgan fingerprint density at radius 1 is 0.891 bits per heavy atom. The summed E-state index contributed by atoms with van der Waals surface area (Å²) >= 11 is 3.44. The Labute approximate surface area is 333 Å². The molecule has 0 bridgehead atoms. The molecule has 4 aromatic carbocycles. The topological polar surface area (TPSA) is 82.5 Å². The maximum Gasteiger partial charge on any atom is 0.411 e. The second kappa shape index (κ2) is 20.4. The summed E-state index contributed by atoms with van der Waals surface area (Å²) in [5, 5.41) is 13.7. The zero-order valence-electron chi connectivity index (χ0n) is 32.0. The average molecular weight is 815 g/mol. The number of aliphatic hydroxyl groups is 1. The Balaban J connectivity index is 1.56. The largest absolute Gasteiger partial charge is 0.489 e. The third kappa shape index (κ3) is 12.8. The van der Waals surface area contributed by atoms with Crippen molar-refractivity contribution in [3.63, 3.8) is 0 Å². The van der Waals surface area contributed by atoms with Crippen molar-refractivity contribution in [1.29, 1.82) is 0 Å². The Kier molecular flexibility index (Phi) is 15.5. The minimum Gasteiger partial charge on any atom is -0.489 e. The molecule has 1 heterocycles. The summed E-state index contributed by atoms with van der Waals surface area (Å²) in [5.74, 6) is -0.489. The molecular weight excluding hydrogens is 761 g/mol. The maximum absolute atomic E-state index is 15.3. The molecule has 1 fully saturated rings. The molecular formula is C45H53BrFN3O5. The number of hydrogen-bond acceptors (Lipinski definition) is 6. The number of rotatable bonds is 17. The smallest absolute Gasteiger partial charge is 0.411 e. The van der Waals surface area contributed by atoms with Gasteiger partial charge < -0.3 is 19.5 Å². The molecule has 2 amide bonds. The highest BCUT2D eigenvalue weighted by Gasteiger charge is 2.47. The van der Waals surface area contributed by atoms with Gasteiger partial charge in [-0.3, -0.25) is 14.6 Å². The van der Waals surface area contributed by atoms with E-state index in [4.69, 9.17) is 9.47 Å². The van der Waals surface area contributed by atoms with Crippen LogP contribution in [0.4, 0.5) is 9.18 Å². The van der Waals surface area contributed by atoms with Crippen molar-refractivity contribution in [3.05, 3.63) is 149 Å². The van der Waals surface area contributed by atoms with Gasteiger partial charge in [0, 0.05) is 50.2 Å². The van der Waals surface area contributed by atoms with E-state index in [9.17, 15) is 14.7 Å². The zero-order chi connectivity index (χ0) is 39.2. The van der Waals surface area contributed by atoms with Gasteiger partial charge in [-0.2, -0.15) is 0 Å². The number of aliphatic hydroxyl groups excluding tert-OH is 1. The van der Waals surface area contributed by atoms with Gasteiger partial charge in [0.05, 0.1) is 6.10 Å². The van der Waals surface area contributed by atoms with Crippen molar-refractivity contribution in [1.82, 2.24) is 14.7 Å². The lowest BCUT2D eigenvalue weighted by atomic mass is 9.91. The highest BCUT2D eigenvalue weighted by molar-refractivity contribution is 9.09. The number of halogens is 2. The minimum absolute atomic E-state index is 0.153. The van der Waals surface area contributed by atoms with Gasteiger partial charge in [-0.05, 0) is 74.4 Å². The Hall–Kier alpha value is -4.51. The van der Waals surface area contributed by atoms with Gasteiger partial charge in [-0.25, -0.2) is 9.18 Å². The second-order valence-corrected chi connectivity index (χ2v) is 15.7. The molecule has 0 unspecified atom stereocenters. The number of nitrogens with zero attached hydrogens (tertiary/aromatic N) is 3. The summed E-state index contributed by atoms with van der Waals surface area (Å²) < 4.78 is 27.1. The first-order valence-corrected chi connectivity index (χ1v) is 20.1. The van der Waals surface area contributed by atoms with Crippen LogP contribution in [0.3, 0.4) is 0 Å². The molecule has 1 saturated heterocycles. The number of carbonyl (C=O) groups is 2. The van der Waals surface area contributed by atoms with Gasteiger partial charge >= 0.3 is 6.09 Å². The number of piperazine rings is 1. The first-order valence-electron chi connectivity index (χ1n) is 19.0. The number of unbranched alkanes of at least 4 members (excludes halogenated alkanes) is 1. The normalized spacial score (nSPS) is 16.1. The minimum atomic E-state index is -1.41. The summed E-state index contributed by atoms with van der Waals surface area (Å²) in [6.07, 6.45) is 3.94. The number of carbonyl (C=O) groups excluding carboxylic acids is 2. The fourth-order valence-corrected chi connectivity index (χ4v) is 7.13. The fraction of sp³-hybridized carbons (Fsp3) is 0.378. The summed E-state index contributed by atoms with van der Waals surface area (Å²) in [5.41, 5.74) is 2.68. The van der Waals surface area contributed by atoms with Crippen LogP contribution < -0.4 is 4.74 Å². The lowest BCUT2D eigenvalue weighted by molar-refractivity contribution is -0.150. The molecule has 0 radical (unpaired) electrons. The average Bonchev–Trinajstić information content (AvgIpc) is 3.16. The third-order valence-electron chi connectivity index (χ3n) is 9.39. The molecule has 0 spiro atoms. The summed E-state index contributed by atoms with van der Waals surface area (Å²) in [6, 6.07) is 32.0. The Morgan fingerprint density at radius 3 is 2.07 bits per heavy atom. The first-order chi connectivity index (χ1) is 26.5. The van der Waals surface area contributed by atoms with E-state index < -0.39 is 35.7 Å². The van der Waals surface area contributed by atoms with Crippen molar-refractivity contribution in [2.75, 3.05) is 25.0 Å². The van der Waals surface area contributed by atoms with Crippen LogP contribution >= 0.6 is 15.9 Å². The van der Waals surface area contributed by atoms with Gasteiger partial charge in [0.2, 0.25) is 5.91 Å². The maximum atomic E-state index is 15.3. The molecule has 1 aliphatic heterocycles. The highest BCUT2D eigenvalue weighted by atomic mass is 79.9. The molecule has 10 heteroatoms. The standard InChI is InChI=1S/C45H53BrFN3O5/c1-45(2,3)55-44(53)50-25-24-48(31-34-17-9-6-10-18-34)43(52)41(50)42(51)40(29-37-27-38(47)30-39(28-37)54-26-16-5-4-15-23-46)49(32-35-19-11-7-12-20-35)33-36-21-13-8-14-22-36/h5-14,16-22,27-28,30,40-42,51H,4,15,23-26,29,31-33H2,1-3H3/b16-5+/t40-,41+,42+/m1/s1. The van der Waals surface area contributed by atoms with Crippen molar-refractivity contribution in [2.45, 2.75) is 83.5 Å². The number of benzene rings is 4. The van der Waals surface area contributed by atoms with E-state index in [2.05, 4.69) is 20.8 Å². The lowest BCUT2D eigenvalue weighted by Gasteiger charge is -2.46. The van der Waals surface area contributed by atoms with E-state index in [-0.39, 0.29) is 32.0 Å². The fourth-order valence-electron chi connectivity index (χ4n) is 6.81. The number of alkyl halides is 1. The molecule has 1 N–H and O–H groups in total. The molecule has 292 valence electrons. The summed E-state index contributed by atoms with van der Waals surface area (Å²) in [4.78, 5) is 33.7. The quantitative estimate of drug-likeness (QED) is 0.0654. The van der Waals surface area contributed by atoms with Crippen LogP contribution in [0.1, 0.15) is 55.9 Å². The van der Waals surface area contributed by atoms with Crippen LogP contribution in [-0.2, 0) is 35.6 Å². The Morgan fingerprint density at radius 2 is 1.49 bits per heavy atom. The zero-order valence-corrected chi connectivity index (χ0v) is 33.6. The first kappa shape index (κ1) is 41.6. The van der Waals surface area contributed by atoms with Crippen molar-refractivity contribution >= 4 is 27.9 Å². The predicted molar refractivity (Wildman–Crippen MR) is 218 cm³/mol. The lowest BCUT2D eigenvalue weighted by Crippen LogP contribution is -2.66. The van der Waals surface area contributed by atoms with Crippen molar-refractivity contribution < 1.29 is 28.6 Å². The number of hydrogen-bond donors (Lipinski definition) is 1. The van der Waals surface area contributed by atoms with Crippen LogP contribution in [0.15, 0.2) is 121 Å². The van der Waals surface area contributed by atoms with Crippen LogP contribution in [0.5, 0.6) is 5.75 Å². The summed E-state index contributed by atoms with van der Waals surface area (Å²) in [6.45, 7) is 7.19. The van der Waals surface area contributed by atoms with Crippen LogP contribution in [0, 0.1) is 5.82 Å².